The fraction of sp³-hybridized carbons (Fsp3) is 0.158. The van der Waals surface area contributed by atoms with E-state index in [1.54, 1.807) is 18.0 Å². The zero-order chi connectivity index (χ0) is 18.5. The number of carbonyl (C=O) groups is 1. The first-order valence-corrected chi connectivity index (χ1v) is 8.70. The molecule has 0 unspecified atom stereocenters. The summed E-state index contributed by atoms with van der Waals surface area (Å²) in [5.74, 6) is 0.882. The highest BCUT2D eigenvalue weighted by Crippen LogP contribution is 2.22. The van der Waals surface area contributed by atoms with Crippen molar-refractivity contribution in [1.29, 1.82) is 0 Å². The van der Waals surface area contributed by atoms with Gasteiger partial charge in [0, 0.05) is 11.2 Å². The molecule has 0 aliphatic rings. The smallest absolute Gasteiger partial charge is 0.230 e. The molecule has 0 fully saturated rings. The number of halogens is 2. The van der Waals surface area contributed by atoms with Crippen molar-refractivity contribution < 1.29 is 9.53 Å². The maximum Gasteiger partial charge on any atom is 0.230 e. The lowest BCUT2D eigenvalue weighted by molar-refractivity contribution is -0.115. The fourth-order valence-corrected chi connectivity index (χ4v) is 2.86. The van der Waals surface area contributed by atoms with Gasteiger partial charge in [-0.1, -0.05) is 53.5 Å². The maximum atomic E-state index is 12.2. The van der Waals surface area contributed by atoms with Gasteiger partial charge >= 0.3 is 0 Å². The molecule has 0 aliphatic heterocycles. The lowest BCUT2D eigenvalue weighted by Gasteiger charge is -2.05. The van der Waals surface area contributed by atoms with Gasteiger partial charge in [0.1, 0.15) is 10.8 Å². The first kappa shape index (κ1) is 18.3. The number of amides is 1. The van der Waals surface area contributed by atoms with Crippen LogP contribution in [0.2, 0.25) is 10.0 Å². The number of rotatable bonds is 6. The van der Waals surface area contributed by atoms with Gasteiger partial charge in [0.25, 0.3) is 0 Å². The van der Waals surface area contributed by atoms with Gasteiger partial charge in [-0.25, -0.2) is 0 Å². The summed E-state index contributed by atoms with van der Waals surface area (Å²) in [6.45, 7) is 0.466. The summed E-state index contributed by atoms with van der Waals surface area (Å²) in [7, 11) is 1.60. The van der Waals surface area contributed by atoms with E-state index in [2.05, 4.69) is 10.4 Å². The molecule has 3 aromatic rings. The van der Waals surface area contributed by atoms with Crippen LogP contribution in [-0.4, -0.2) is 22.8 Å². The van der Waals surface area contributed by atoms with E-state index in [4.69, 9.17) is 27.9 Å². The van der Waals surface area contributed by atoms with Crippen molar-refractivity contribution in [3.05, 3.63) is 75.9 Å². The van der Waals surface area contributed by atoms with Gasteiger partial charge in [0.2, 0.25) is 5.91 Å². The second-order valence-corrected chi connectivity index (χ2v) is 6.50. The van der Waals surface area contributed by atoms with Crippen LogP contribution in [0, 0.1) is 0 Å². The molecule has 0 saturated heterocycles. The average molecular weight is 390 g/mol. The third-order valence-electron chi connectivity index (χ3n) is 3.79. The van der Waals surface area contributed by atoms with Crippen LogP contribution < -0.4 is 10.1 Å². The minimum Gasteiger partial charge on any atom is -0.497 e. The number of methoxy groups -OCH3 is 1. The standard InChI is InChI=1S/C19H17Cl2N3O2/c1-26-15-8-6-13(7-9-15)10-18(25)22-19-17(21)12-24(23-19)11-14-4-2-3-5-16(14)20/h2-9,12H,10-11H2,1H3,(H,22,23,25). The molecule has 1 N–H and O–H groups in total. The van der Waals surface area contributed by atoms with Crippen LogP contribution in [0.3, 0.4) is 0 Å². The van der Waals surface area contributed by atoms with E-state index >= 15 is 0 Å². The number of aromatic nitrogens is 2. The van der Waals surface area contributed by atoms with Crippen molar-refractivity contribution in [3.8, 4) is 5.75 Å². The number of nitrogens with zero attached hydrogens (tertiary/aromatic N) is 2. The number of anilines is 1. The lowest BCUT2D eigenvalue weighted by atomic mass is 10.1. The summed E-state index contributed by atoms with van der Waals surface area (Å²) in [6, 6.07) is 14.8. The van der Waals surface area contributed by atoms with E-state index < -0.39 is 0 Å². The molecule has 0 spiro atoms. The van der Waals surface area contributed by atoms with Crippen LogP contribution in [0.15, 0.2) is 54.7 Å². The quantitative estimate of drug-likeness (QED) is 0.678. The topological polar surface area (TPSA) is 56.1 Å². The normalized spacial score (nSPS) is 10.6. The lowest BCUT2D eigenvalue weighted by Crippen LogP contribution is -2.15. The van der Waals surface area contributed by atoms with E-state index in [0.29, 0.717) is 22.4 Å². The Labute approximate surface area is 161 Å². The summed E-state index contributed by atoms with van der Waals surface area (Å²) in [5, 5.41) is 8.10. The monoisotopic (exact) mass is 389 g/mol. The zero-order valence-corrected chi connectivity index (χ0v) is 15.6. The van der Waals surface area contributed by atoms with Crippen molar-refractivity contribution >= 4 is 34.9 Å². The number of hydrogen-bond acceptors (Lipinski definition) is 3. The van der Waals surface area contributed by atoms with Crippen molar-refractivity contribution in [2.75, 3.05) is 12.4 Å². The summed E-state index contributed by atoms with van der Waals surface area (Å²) >= 11 is 12.4. The average Bonchev–Trinajstić information content (AvgIpc) is 2.96. The van der Waals surface area contributed by atoms with Crippen LogP contribution in [0.5, 0.6) is 5.75 Å². The Morgan fingerprint density at radius 1 is 1.12 bits per heavy atom. The molecular weight excluding hydrogens is 373 g/mol. The largest absolute Gasteiger partial charge is 0.497 e. The zero-order valence-electron chi connectivity index (χ0n) is 14.1. The highest BCUT2D eigenvalue weighted by Gasteiger charge is 2.12. The third kappa shape index (κ3) is 4.56. The number of hydrogen-bond donors (Lipinski definition) is 1. The molecule has 0 aliphatic carbocycles. The van der Waals surface area contributed by atoms with E-state index in [1.807, 2.05) is 48.5 Å². The second-order valence-electron chi connectivity index (χ2n) is 5.69. The Bertz CT molecular complexity index is 907. The Balaban J connectivity index is 1.65. The Morgan fingerprint density at radius 3 is 2.54 bits per heavy atom. The van der Waals surface area contributed by atoms with Crippen molar-refractivity contribution in [2.45, 2.75) is 13.0 Å². The molecule has 0 saturated carbocycles. The summed E-state index contributed by atoms with van der Waals surface area (Å²) in [4.78, 5) is 12.2. The molecule has 7 heteroatoms. The van der Waals surface area contributed by atoms with Gasteiger partial charge in [-0.15, -0.1) is 0 Å². The number of benzene rings is 2. The second kappa shape index (κ2) is 8.25. The number of nitrogens with one attached hydrogen (secondary N) is 1. The summed E-state index contributed by atoms with van der Waals surface area (Å²) in [6.07, 6.45) is 1.88. The summed E-state index contributed by atoms with van der Waals surface area (Å²) in [5.41, 5.74) is 1.79. The molecule has 1 aromatic heterocycles. The first-order valence-electron chi connectivity index (χ1n) is 7.94. The van der Waals surface area contributed by atoms with Crippen LogP contribution in [-0.2, 0) is 17.8 Å². The van der Waals surface area contributed by atoms with Crippen molar-refractivity contribution in [1.82, 2.24) is 9.78 Å². The SMILES string of the molecule is COc1ccc(CC(=O)Nc2nn(Cc3ccccc3Cl)cc2Cl)cc1. The van der Waals surface area contributed by atoms with Gasteiger partial charge in [-0.05, 0) is 29.3 Å². The maximum absolute atomic E-state index is 12.2. The van der Waals surface area contributed by atoms with Crippen LogP contribution in [0.4, 0.5) is 5.82 Å². The van der Waals surface area contributed by atoms with Gasteiger partial charge in [-0.3, -0.25) is 9.48 Å². The molecule has 0 atom stereocenters. The molecule has 26 heavy (non-hydrogen) atoms. The molecule has 1 heterocycles. The van der Waals surface area contributed by atoms with Gasteiger partial charge < -0.3 is 10.1 Å². The van der Waals surface area contributed by atoms with Gasteiger partial charge in [-0.2, -0.15) is 5.10 Å². The minimum absolute atomic E-state index is 0.194. The molecule has 5 nitrogen and oxygen atoms in total. The van der Waals surface area contributed by atoms with Crippen LogP contribution >= 0.6 is 23.2 Å². The van der Waals surface area contributed by atoms with Gasteiger partial charge in [0.15, 0.2) is 5.82 Å². The molecule has 0 bridgehead atoms. The predicted octanol–water partition coefficient (Wildman–Crippen LogP) is 4.43. The van der Waals surface area contributed by atoms with Gasteiger partial charge in [0.05, 0.1) is 20.1 Å². The minimum atomic E-state index is -0.194. The van der Waals surface area contributed by atoms with E-state index in [1.165, 1.54) is 0 Å². The Morgan fingerprint density at radius 2 is 1.85 bits per heavy atom. The third-order valence-corrected chi connectivity index (χ3v) is 4.43. The van der Waals surface area contributed by atoms with Crippen molar-refractivity contribution in [3.63, 3.8) is 0 Å². The first-order chi connectivity index (χ1) is 12.5. The van der Waals surface area contributed by atoms with Crippen molar-refractivity contribution in [2.24, 2.45) is 0 Å². The highest BCUT2D eigenvalue weighted by atomic mass is 35.5. The van der Waals surface area contributed by atoms with Crippen LogP contribution in [0.25, 0.3) is 0 Å². The molecule has 134 valence electrons. The molecular formula is C19H17Cl2N3O2. The fourth-order valence-electron chi connectivity index (χ4n) is 2.47. The van der Waals surface area contributed by atoms with E-state index in [9.17, 15) is 4.79 Å². The van der Waals surface area contributed by atoms with Crippen LogP contribution in [0.1, 0.15) is 11.1 Å². The summed E-state index contributed by atoms with van der Waals surface area (Å²) < 4.78 is 6.75. The Hall–Kier alpha value is -2.50. The highest BCUT2D eigenvalue weighted by molar-refractivity contribution is 6.33. The molecule has 3 rings (SSSR count). The van der Waals surface area contributed by atoms with E-state index in [0.717, 1.165) is 16.9 Å². The van der Waals surface area contributed by atoms with E-state index in [-0.39, 0.29) is 12.3 Å². The number of ether oxygens (including phenoxy) is 1. The molecule has 1 amide bonds. The predicted molar refractivity (Wildman–Crippen MR) is 103 cm³/mol. The molecule has 0 radical (unpaired) electrons. The Kier molecular flexibility index (Phi) is 5.81. The molecule has 2 aromatic carbocycles. The number of carbonyl (C=O) groups excluding carboxylic acids is 1.